The van der Waals surface area contributed by atoms with Gasteiger partial charge >= 0.3 is 0 Å². The SMILES string of the molecule is CN1CCCN(c2ccccc2CCl)CC1. The number of alkyl halides is 1. The Labute approximate surface area is 103 Å². The normalized spacial score (nSPS) is 18.5. The highest BCUT2D eigenvalue weighted by molar-refractivity contribution is 6.17. The predicted octanol–water partition coefficient (Wildman–Crippen LogP) is 2.57. The van der Waals surface area contributed by atoms with Gasteiger partial charge in [0, 0.05) is 31.2 Å². The zero-order valence-electron chi connectivity index (χ0n) is 9.82. The molecule has 2 rings (SSSR count). The molecule has 0 spiro atoms. The van der Waals surface area contributed by atoms with Gasteiger partial charge in [-0.1, -0.05) is 18.2 Å². The summed E-state index contributed by atoms with van der Waals surface area (Å²) in [6, 6.07) is 8.46. The summed E-state index contributed by atoms with van der Waals surface area (Å²) in [5.74, 6) is 0.600. The highest BCUT2D eigenvalue weighted by atomic mass is 35.5. The predicted molar refractivity (Wildman–Crippen MR) is 70.3 cm³/mol. The molecule has 88 valence electrons. The van der Waals surface area contributed by atoms with Crippen molar-refractivity contribution in [3.63, 3.8) is 0 Å². The molecule has 0 saturated carbocycles. The van der Waals surface area contributed by atoms with Crippen molar-refractivity contribution in [1.82, 2.24) is 4.90 Å². The van der Waals surface area contributed by atoms with E-state index in [9.17, 15) is 0 Å². The lowest BCUT2D eigenvalue weighted by molar-refractivity contribution is 0.360. The molecule has 0 aromatic heterocycles. The third-order valence-corrected chi connectivity index (χ3v) is 3.48. The Morgan fingerprint density at radius 2 is 1.94 bits per heavy atom. The van der Waals surface area contributed by atoms with Crippen LogP contribution in [0.1, 0.15) is 12.0 Å². The Hall–Kier alpha value is -0.730. The van der Waals surface area contributed by atoms with Crippen molar-refractivity contribution < 1.29 is 0 Å². The molecular formula is C13H19ClN2. The van der Waals surface area contributed by atoms with Crippen molar-refractivity contribution in [2.24, 2.45) is 0 Å². The zero-order valence-corrected chi connectivity index (χ0v) is 10.6. The first-order valence-corrected chi connectivity index (χ1v) is 6.42. The molecule has 0 aliphatic carbocycles. The van der Waals surface area contributed by atoms with Crippen LogP contribution in [0.3, 0.4) is 0 Å². The van der Waals surface area contributed by atoms with Gasteiger partial charge in [0.05, 0.1) is 0 Å². The van der Waals surface area contributed by atoms with Crippen molar-refractivity contribution >= 4 is 17.3 Å². The maximum atomic E-state index is 5.98. The molecule has 0 atom stereocenters. The highest BCUT2D eigenvalue weighted by Crippen LogP contribution is 2.23. The van der Waals surface area contributed by atoms with Crippen LogP contribution in [-0.2, 0) is 5.88 Å². The fourth-order valence-corrected chi connectivity index (χ4v) is 2.45. The third kappa shape index (κ3) is 2.69. The van der Waals surface area contributed by atoms with Crippen molar-refractivity contribution in [3.05, 3.63) is 29.8 Å². The Balaban J connectivity index is 2.16. The van der Waals surface area contributed by atoms with E-state index in [1.165, 1.54) is 24.2 Å². The number of likely N-dealkylation sites (N-methyl/N-ethyl adjacent to an activating group) is 1. The summed E-state index contributed by atoms with van der Waals surface area (Å²) in [6.45, 7) is 4.57. The molecule has 1 aliphatic rings. The summed E-state index contributed by atoms with van der Waals surface area (Å²) in [4.78, 5) is 4.85. The minimum absolute atomic E-state index is 0.600. The van der Waals surface area contributed by atoms with Gasteiger partial charge in [-0.2, -0.15) is 0 Å². The molecule has 0 bridgehead atoms. The van der Waals surface area contributed by atoms with Crippen molar-refractivity contribution in [2.45, 2.75) is 12.3 Å². The molecule has 0 amide bonds. The van der Waals surface area contributed by atoms with Gasteiger partial charge in [0.1, 0.15) is 0 Å². The lowest BCUT2D eigenvalue weighted by Crippen LogP contribution is -2.29. The van der Waals surface area contributed by atoms with Crippen LogP contribution in [0.4, 0.5) is 5.69 Å². The van der Waals surface area contributed by atoms with Crippen LogP contribution in [0.15, 0.2) is 24.3 Å². The molecule has 1 aromatic carbocycles. The van der Waals surface area contributed by atoms with Gasteiger partial charge in [0.2, 0.25) is 0 Å². The quantitative estimate of drug-likeness (QED) is 0.731. The first-order chi connectivity index (χ1) is 7.81. The number of rotatable bonds is 2. The maximum absolute atomic E-state index is 5.98. The summed E-state index contributed by atoms with van der Waals surface area (Å²) in [6.07, 6.45) is 1.23. The lowest BCUT2D eigenvalue weighted by Gasteiger charge is -2.25. The number of hydrogen-bond acceptors (Lipinski definition) is 2. The first kappa shape index (κ1) is 11.7. The minimum atomic E-state index is 0.600. The van der Waals surface area contributed by atoms with Crippen molar-refractivity contribution in [2.75, 3.05) is 38.1 Å². The number of benzene rings is 1. The van der Waals surface area contributed by atoms with E-state index < -0.39 is 0 Å². The van der Waals surface area contributed by atoms with Crippen LogP contribution in [0.2, 0.25) is 0 Å². The molecule has 0 unspecified atom stereocenters. The number of hydrogen-bond donors (Lipinski definition) is 0. The second-order valence-electron chi connectivity index (χ2n) is 4.41. The number of para-hydroxylation sites is 1. The van der Waals surface area contributed by atoms with Gasteiger partial charge in [-0.25, -0.2) is 0 Å². The van der Waals surface area contributed by atoms with E-state index in [0.29, 0.717) is 5.88 Å². The van der Waals surface area contributed by atoms with E-state index in [-0.39, 0.29) is 0 Å². The van der Waals surface area contributed by atoms with Crippen molar-refractivity contribution in [1.29, 1.82) is 0 Å². The van der Waals surface area contributed by atoms with E-state index in [0.717, 1.165) is 19.6 Å². The fraction of sp³-hybridized carbons (Fsp3) is 0.538. The van der Waals surface area contributed by atoms with Gasteiger partial charge in [-0.15, -0.1) is 11.6 Å². The molecule has 2 nitrogen and oxygen atoms in total. The Morgan fingerprint density at radius 3 is 2.75 bits per heavy atom. The molecule has 1 saturated heterocycles. The van der Waals surface area contributed by atoms with Gasteiger partial charge < -0.3 is 9.80 Å². The van der Waals surface area contributed by atoms with Crippen LogP contribution in [0.5, 0.6) is 0 Å². The van der Waals surface area contributed by atoms with E-state index in [1.807, 2.05) is 0 Å². The molecule has 1 aliphatic heterocycles. The fourth-order valence-electron chi connectivity index (χ4n) is 2.22. The molecule has 3 heteroatoms. The largest absolute Gasteiger partial charge is 0.370 e. The van der Waals surface area contributed by atoms with E-state index in [4.69, 9.17) is 11.6 Å². The highest BCUT2D eigenvalue weighted by Gasteiger charge is 2.14. The van der Waals surface area contributed by atoms with Gasteiger partial charge in [0.15, 0.2) is 0 Å². The van der Waals surface area contributed by atoms with Crippen LogP contribution >= 0.6 is 11.6 Å². The Morgan fingerprint density at radius 1 is 1.12 bits per heavy atom. The van der Waals surface area contributed by atoms with Crippen LogP contribution < -0.4 is 4.90 Å². The maximum Gasteiger partial charge on any atom is 0.0494 e. The molecule has 1 aromatic rings. The molecule has 0 N–H and O–H groups in total. The molecule has 16 heavy (non-hydrogen) atoms. The number of halogens is 1. The van der Waals surface area contributed by atoms with E-state index >= 15 is 0 Å². The summed E-state index contributed by atoms with van der Waals surface area (Å²) < 4.78 is 0. The van der Waals surface area contributed by atoms with Gasteiger partial charge in [0.25, 0.3) is 0 Å². The van der Waals surface area contributed by atoms with Crippen molar-refractivity contribution in [3.8, 4) is 0 Å². The molecule has 1 fully saturated rings. The van der Waals surface area contributed by atoms with Gasteiger partial charge in [-0.3, -0.25) is 0 Å². The lowest BCUT2D eigenvalue weighted by atomic mass is 10.1. The number of nitrogens with zero attached hydrogens (tertiary/aromatic N) is 2. The monoisotopic (exact) mass is 238 g/mol. The minimum Gasteiger partial charge on any atom is -0.370 e. The standard InChI is InChI=1S/C13H19ClN2/c1-15-7-4-8-16(10-9-15)13-6-3-2-5-12(13)11-14/h2-3,5-6H,4,7-11H2,1H3. The molecular weight excluding hydrogens is 220 g/mol. The molecule has 1 heterocycles. The van der Waals surface area contributed by atoms with Crippen LogP contribution in [0.25, 0.3) is 0 Å². The first-order valence-electron chi connectivity index (χ1n) is 5.88. The van der Waals surface area contributed by atoms with Crippen LogP contribution in [0, 0.1) is 0 Å². The Bertz CT molecular complexity index is 340. The topological polar surface area (TPSA) is 6.48 Å². The summed E-state index contributed by atoms with van der Waals surface area (Å²) in [7, 11) is 2.19. The zero-order chi connectivity index (χ0) is 11.4. The third-order valence-electron chi connectivity index (χ3n) is 3.20. The summed E-state index contributed by atoms with van der Waals surface area (Å²) in [5, 5.41) is 0. The second-order valence-corrected chi connectivity index (χ2v) is 4.67. The summed E-state index contributed by atoms with van der Waals surface area (Å²) in [5.41, 5.74) is 2.56. The van der Waals surface area contributed by atoms with Gasteiger partial charge in [-0.05, 0) is 31.6 Å². The Kier molecular flexibility index (Phi) is 4.08. The summed E-state index contributed by atoms with van der Waals surface area (Å²) >= 11 is 5.98. The smallest absolute Gasteiger partial charge is 0.0494 e. The average Bonchev–Trinajstić information content (AvgIpc) is 2.54. The second kappa shape index (κ2) is 5.55. The van der Waals surface area contributed by atoms with E-state index in [2.05, 4.69) is 41.1 Å². The van der Waals surface area contributed by atoms with E-state index in [1.54, 1.807) is 0 Å². The number of anilines is 1. The average molecular weight is 239 g/mol. The van der Waals surface area contributed by atoms with Crippen LogP contribution in [-0.4, -0.2) is 38.1 Å². The molecule has 0 radical (unpaired) electrons.